The molecule has 9 atom stereocenters. The Bertz CT molecular complexity index is 1850. The van der Waals surface area contributed by atoms with Gasteiger partial charge in [0.25, 0.3) is 5.56 Å². The number of hydrogen-bond donors (Lipinski definition) is 5. The van der Waals surface area contributed by atoms with Crippen molar-refractivity contribution in [3.8, 4) is 0 Å². The van der Waals surface area contributed by atoms with Crippen molar-refractivity contribution in [1.82, 2.24) is 39.0 Å². The van der Waals surface area contributed by atoms with E-state index in [1.165, 1.54) is 10.9 Å². The second kappa shape index (κ2) is 13.3. The molecule has 46 heavy (non-hydrogen) atoms. The summed E-state index contributed by atoms with van der Waals surface area (Å²) >= 11 is 7.96. The lowest BCUT2D eigenvalue weighted by Crippen LogP contribution is -2.34. The number of anilines is 2. The van der Waals surface area contributed by atoms with E-state index in [-0.39, 0.29) is 46.6 Å². The Kier molecular flexibility index (Phi) is 9.59. The van der Waals surface area contributed by atoms with E-state index < -0.39 is 76.9 Å². The summed E-state index contributed by atoms with van der Waals surface area (Å²) in [7, 11) is -0.872. The van der Waals surface area contributed by atoms with Gasteiger partial charge in [-0.15, -0.1) is 0 Å². The van der Waals surface area contributed by atoms with E-state index in [1.807, 2.05) is 0 Å². The third-order valence-corrected chi connectivity index (χ3v) is 9.24. The molecular weight excluding hydrogens is 700 g/mol. The zero-order chi connectivity index (χ0) is 32.7. The molecule has 4 aromatic rings. The zero-order valence-corrected chi connectivity index (χ0v) is 26.6. The van der Waals surface area contributed by atoms with Crippen LogP contribution in [0.1, 0.15) is 12.5 Å². The summed E-state index contributed by atoms with van der Waals surface area (Å²) in [4.78, 5) is 34.4. The predicted octanol–water partition coefficient (Wildman–Crippen LogP) is 1.53. The predicted molar refractivity (Wildman–Crippen MR) is 160 cm³/mol. The highest BCUT2D eigenvalue weighted by molar-refractivity contribution is 8.44. The SMILES string of the molecule is Nc1nc2c(ncn2[C@@H]2O[C@H](COCS)[C@@H](O[P@](=O)(S)OC[C@H]3O[C@@H](n4cnc5c(N)ncnc54)[C@H](F)[C@@H]3OP=O)[C@H]2F)c(=O)[nH]1. The molecule has 0 aliphatic carbocycles. The first-order valence-electron chi connectivity index (χ1n) is 13.1. The number of nitrogens with one attached hydrogen (secondary N) is 1. The first-order chi connectivity index (χ1) is 22.0. The first-order valence-corrected chi connectivity index (χ1v) is 17.2. The number of nitrogens with two attached hydrogens (primary N) is 2. The molecule has 2 saturated heterocycles. The molecule has 0 bridgehead atoms. The van der Waals surface area contributed by atoms with Crippen molar-refractivity contribution in [2.24, 2.45) is 0 Å². The number of hydrogen-bond acceptors (Lipinski definition) is 17. The lowest BCUT2D eigenvalue weighted by Gasteiger charge is -2.24. The maximum atomic E-state index is 16.0. The number of nitrogen functional groups attached to an aromatic ring is 2. The molecule has 0 aromatic carbocycles. The quantitative estimate of drug-likeness (QED) is 0.0789. The number of nitrogens with zero attached hydrogens (tertiary/aromatic N) is 7. The summed E-state index contributed by atoms with van der Waals surface area (Å²) in [6, 6.07) is 0. The monoisotopic (exact) mass is 724 g/mol. The normalized spacial score (nSPS) is 29.7. The molecule has 0 spiro atoms. The second-order valence-electron chi connectivity index (χ2n) is 9.86. The van der Waals surface area contributed by atoms with Crippen LogP contribution in [0.3, 0.4) is 0 Å². The lowest BCUT2D eigenvalue weighted by molar-refractivity contribution is -0.0566. The minimum Gasteiger partial charge on any atom is -0.382 e. The molecule has 6 rings (SSSR count). The van der Waals surface area contributed by atoms with Gasteiger partial charge in [0.1, 0.15) is 36.3 Å². The minimum atomic E-state index is -4.47. The van der Waals surface area contributed by atoms with Crippen LogP contribution in [0, 0.1) is 0 Å². The number of halogens is 2. The van der Waals surface area contributed by atoms with Crippen molar-refractivity contribution >= 4 is 74.5 Å². The van der Waals surface area contributed by atoms with Crippen molar-refractivity contribution < 1.29 is 45.7 Å². The Morgan fingerprint density at radius 2 is 1.65 bits per heavy atom. The smallest absolute Gasteiger partial charge is 0.382 e. The molecular formula is C21H24F2N10O9P2S2. The van der Waals surface area contributed by atoms with E-state index in [9.17, 15) is 13.9 Å². The molecule has 2 aliphatic rings. The molecule has 0 amide bonds. The number of rotatable bonds is 12. The van der Waals surface area contributed by atoms with Crippen LogP contribution in [0.15, 0.2) is 23.8 Å². The van der Waals surface area contributed by atoms with Crippen molar-refractivity contribution in [2.45, 2.75) is 49.2 Å². The van der Waals surface area contributed by atoms with Gasteiger partial charge in [-0.05, 0) is 0 Å². The summed E-state index contributed by atoms with van der Waals surface area (Å²) in [5.74, 6) is -0.262. The van der Waals surface area contributed by atoms with Crippen LogP contribution in [0.5, 0.6) is 0 Å². The van der Waals surface area contributed by atoms with Crippen molar-refractivity contribution in [3.05, 3.63) is 29.3 Å². The van der Waals surface area contributed by atoms with Gasteiger partial charge in [-0.25, -0.2) is 37.8 Å². The molecule has 248 valence electrons. The molecule has 6 heterocycles. The fourth-order valence-electron chi connectivity index (χ4n) is 5.11. The van der Waals surface area contributed by atoms with Gasteiger partial charge in [0.05, 0.1) is 31.8 Å². The Morgan fingerprint density at radius 1 is 1.00 bits per heavy atom. The Morgan fingerprint density at radius 3 is 2.35 bits per heavy atom. The van der Waals surface area contributed by atoms with E-state index in [0.717, 1.165) is 17.2 Å². The van der Waals surface area contributed by atoms with Gasteiger partial charge in [0.15, 0.2) is 47.4 Å². The average Bonchev–Trinajstić information content (AvgIpc) is 3.77. The van der Waals surface area contributed by atoms with E-state index in [1.54, 1.807) is 0 Å². The third-order valence-electron chi connectivity index (χ3n) is 7.11. The summed E-state index contributed by atoms with van der Waals surface area (Å²) in [5, 5.41) is 0. The fraction of sp³-hybridized carbons (Fsp3) is 0.524. The van der Waals surface area contributed by atoms with E-state index in [4.69, 9.17) is 39.2 Å². The van der Waals surface area contributed by atoms with E-state index in [2.05, 4.69) is 54.8 Å². The highest BCUT2D eigenvalue weighted by Crippen LogP contribution is 2.57. The van der Waals surface area contributed by atoms with Crippen LogP contribution >= 0.6 is 40.4 Å². The molecule has 2 fully saturated rings. The van der Waals surface area contributed by atoms with Gasteiger partial charge >= 0.3 is 15.5 Å². The number of ether oxygens (including phenoxy) is 3. The highest BCUT2D eigenvalue weighted by Gasteiger charge is 2.52. The second-order valence-corrected chi connectivity index (χ2v) is 13.3. The number of imidazole rings is 2. The number of alkyl halides is 2. The molecule has 19 nitrogen and oxygen atoms in total. The van der Waals surface area contributed by atoms with Crippen LogP contribution in [0.25, 0.3) is 22.3 Å². The van der Waals surface area contributed by atoms with E-state index >= 15 is 8.78 Å². The zero-order valence-electron chi connectivity index (χ0n) is 23.0. The van der Waals surface area contributed by atoms with E-state index in [0.29, 0.717) is 0 Å². The summed E-state index contributed by atoms with van der Waals surface area (Å²) < 4.78 is 91.4. The molecule has 4 aromatic heterocycles. The Balaban J connectivity index is 1.19. The fourth-order valence-corrected chi connectivity index (χ4v) is 7.05. The topological polar surface area (TPSA) is 249 Å². The largest absolute Gasteiger partial charge is 0.386 e. The lowest BCUT2D eigenvalue weighted by atomic mass is 10.1. The number of aromatic amines is 1. The van der Waals surface area contributed by atoms with Gasteiger partial charge in [0, 0.05) is 0 Å². The number of fused-ring (bicyclic) bond motifs is 2. The van der Waals surface area contributed by atoms with Crippen LogP contribution < -0.4 is 17.0 Å². The van der Waals surface area contributed by atoms with Gasteiger partial charge in [0.2, 0.25) is 5.95 Å². The van der Waals surface area contributed by atoms with Crippen molar-refractivity contribution in [3.63, 3.8) is 0 Å². The molecule has 2 aliphatic heterocycles. The van der Waals surface area contributed by atoms with Crippen LogP contribution in [-0.4, -0.2) is 94.9 Å². The van der Waals surface area contributed by atoms with Gasteiger partial charge in [-0.1, -0.05) is 12.2 Å². The Hall–Kier alpha value is -2.85. The average molecular weight is 725 g/mol. The molecule has 0 unspecified atom stereocenters. The first kappa shape index (κ1) is 33.1. The van der Waals surface area contributed by atoms with Gasteiger partial charge in [-0.3, -0.25) is 32.5 Å². The number of H-pyrrole nitrogens is 1. The maximum Gasteiger partial charge on any atom is 0.386 e. The third kappa shape index (κ3) is 6.23. The number of thiol groups is 2. The molecule has 25 heteroatoms. The maximum absolute atomic E-state index is 16.0. The van der Waals surface area contributed by atoms with Crippen molar-refractivity contribution in [2.75, 3.05) is 30.6 Å². The molecule has 0 saturated carbocycles. The van der Waals surface area contributed by atoms with Crippen LogP contribution in [-0.2, 0) is 36.9 Å². The van der Waals surface area contributed by atoms with Crippen LogP contribution in [0.4, 0.5) is 20.5 Å². The Labute approximate surface area is 268 Å². The standard InChI is InChI=1S/C21H24F2N10O9P2S2/c22-9-13(41-43-35)8(40-19(9)32-4-28-11-15(24)26-3-27-16(11)32)2-38-44(36,46)42-14-7(1-37-6-45)39-20(10(14)23)33-5-29-12-17(33)30-21(25)31-18(12)34/h3-5,7-10,13-14,19-20,45H,1-2,6H2,(H,36,46)(H2,24,26,27)(H3,25,30,31,34)/t7-,8-,9-,10-,13-,14-,19-,20-,44-/m1/s1. The summed E-state index contributed by atoms with van der Waals surface area (Å²) in [6.45, 7) is -5.39. The molecule has 0 radical (unpaired) electrons. The minimum absolute atomic E-state index is 0.0497. The summed E-state index contributed by atoms with van der Waals surface area (Å²) in [5.41, 5.74) is 10.9. The summed E-state index contributed by atoms with van der Waals surface area (Å²) in [6.07, 6.45) is -8.96. The highest BCUT2D eigenvalue weighted by atomic mass is 32.7. The van der Waals surface area contributed by atoms with Crippen molar-refractivity contribution in [1.29, 1.82) is 0 Å². The van der Waals surface area contributed by atoms with Gasteiger partial charge in [-0.2, -0.15) is 17.6 Å². The van der Waals surface area contributed by atoms with Gasteiger partial charge < -0.3 is 25.7 Å². The molecule has 5 N–H and O–H groups in total. The van der Waals surface area contributed by atoms with Crippen LogP contribution in [0.2, 0.25) is 0 Å². The number of aromatic nitrogens is 8.